The van der Waals surface area contributed by atoms with Gasteiger partial charge in [0.05, 0.1) is 13.5 Å². The van der Waals surface area contributed by atoms with E-state index < -0.39 is 0 Å². The number of nitrogens with two attached hydrogens (primary N) is 1. The summed E-state index contributed by atoms with van der Waals surface area (Å²) in [7, 11) is 1.45. The van der Waals surface area contributed by atoms with Crippen LogP contribution in [0, 0.1) is 17.3 Å². The minimum Gasteiger partial charge on any atom is -0.469 e. The number of ether oxygens (including phenoxy) is 1. The highest BCUT2D eigenvalue weighted by molar-refractivity contribution is 5.70. The molecule has 0 heterocycles. The average molecular weight is 197 g/mol. The van der Waals surface area contributed by atoms with Crippen molar-refractivity contribution in [2.75, 3.05) is 13.7 Å². The highest BCUT2D eigenvalue weighted by Gasteiger charge is 2.49. The zero-order valence-electron chi connectivity index (χ0n) is 8.79. The Morgan fingerprint density at radius 3 is 2.36 bits per heavy atom. The van der Waals surface area contributed by atoms with Gasteiger partial charge in [0.2, 0.25) is 0 Å². The van der Waals surface area contributed by atoms with Crippen LogP contribution in [0.2, 0.25) is 0 Å². The first-order chi connectivity index (χ1) is 6.69. The fourth-order valence-electron chi connectivity index (χ4n) is 3.13. The molecule has 0 aromatic carbocycles. The molecule has 0 aliphatic heterocycles. The van der Waals surface area contributed by atoms with Crippen LogP contribution in [0.3, 0.4) is 0 Å². The molecule has 2 saturated carbocycles. The first-order valence-electron chi connectivity index (χ1n) is 5.46. The standard InChI is InChI=1S/C11H19NO2/c1-14-10(13)6-11(7-12)4-8-2-3-9(8)5-11/h8-9H,2-7,12H2,1H3/t8-,9+,11?. The van der Waals surface area contributed by atoms with Crippen LogP contribution in [0.1, 0.15) is 32.1 Å². The van der Waals surface area contributed by atoms with Crippen LogP contribution in [-0.4, -0.2) is 19.6 Å². The van der Waals surface area contributed by atoms with E-state index in [1.165, 1.54) is 20.0 Å². The number of esters is 1. The van der Waals surface area contributed by atoms with E-state index in [2.05, 4.69) is 0 Å². The Morgan fingerprint density at radius 1 is 1.43 bits per heavy atom. The molecule has 80 valence electrons. The molecule has 0 aromatic rings. The first-order valence-corrected chi connectivity index (χ1v) is 5.46. The summed E-state index contributed by atoms with van der Waals surface area (Å²) in [6, 6.07) is 0. The Kier molecular flexibility index (Phi) is 2.52. The first kappa shape index (κ1) is 9.97. The van der Waals surface area contributed by atoms with Crippen LogP contribution in [-0.2, 0) is 9.53 Å². The van der Waals surface area contributed by atoms with Crippen LogP contribution < -0.4 is 5.73 Å². The van der Waals surface area contributed by atoms with Crippen molar-refractivity contribution >= 4 is 5.97 Å². The second kappa shape index (κ2) is 3.54. The lowest BCUT2D eigenvalue weighted by atomic mass is 9.77. The Balaban J connectivity index is 2.00. The van der Waals surface area contributed by atoms with E-state index in [0.717, 1.165) is 24.7 Å². The topological polar surface area (TPSA) is 52.3 Å². The second-order valence-electron chi connectivity index (χ2n) is 4.96. The van der Waals surface area contributed by atoms with Gasteiger partial charge < -0.3 is 10.5 Å². The van der Waals surface area contributed by atoms with E-state index in [1.807, 2.05) is 0 Å². The van der Waals surface area contributed by atoms with Crippen LogP contribution in [0.25, 0.3) is 0 Å². The van der Waals surface area contributed by atoms with Gasteiger partial charge in [-0.25, -0.2) is 0 Å². The van der Waals surface area contributed by atoms with Gasteiger partial charge in [0.1, 0.15) is 0 Å². The van der Waals surface area contributed by atoms with E-state index >= 15 is 0 Å². The maximum atomic E-state index is 11.3. The van der Waals surface area contributed by atoms with Crippen molar-refractivity contribution in [3.63, 3.8) is 0 Å². The van der Waals surface area contributed by atoms with Gasteiger partial charge in [-0.1, -0.05) is 0 Å². The van der Waals surface area contributed by atoms with Gasteiger partial charge in [0.25, 0.3) is 0 Å². The molecule has 2 N–H and O–H groups in total. The number of carbonyl (C=O) groups is 1. The SMILES string of the molecule is COC(=O)CC1(CN)C[C@H]2CC[C@H]2C1. The molecule has 2 aliphatic carbocycles. The maximum absolute atomic E-state index is 11.3. The minimum absolute atomic E-state index is 0.0684. The van der Waals surface area contributed by atoms with Gasteiger partial charge in [0, 0.05) is 0 Å². The minimum atomic E-state index is -0.100. The van der Waals surface area contributed by atoms with Crippen molar-refractivity contribution in [2.45, 2.75) is 32.1 Å². The molecule has 3 heteroatoms. The molecule has 14 heavy (non-hydrogen) atoms. The predicted octanol–water partition coefficient (Wildman–Crippen LogP) is 1.31. The molecule has 0 amide bonds. The van der Waals surface area contributed by atoms with Crippen molar-refractivity contribution in [1.29, 1.82) is 0 Å². The summed E-state index contributed by atoms with van der Waals surface area (Å²) in [5.74, 6) is 1.60. The third-order valence-electron chi connectivity index (χ3n) is 4.15. The molecule has 0 bridgehead atoms. The van der Waals surface area contributed by atoms with Crippen LogP contribution >= 0.6 is 0 Å². The zero-order valence-corrected chi connectivity index (χ0v) is 8.79. The second-order valence-corrected chi connectivity index (χ2v) is 4.96. The predicted molar refractivity (Wildman–Crippen MR) is 53.6 cm³/mol. The number of carbonyl (C=O) groups excluding carboxylic acids is 1. The Bertz CT molecular complexity index is 227. The summed E-state index contributed by atoms with van der Waals surface area (Å²) in [4.78, 5) is 11.3. The summed E-state index contributed by atoms with van der Waals surface area (Å²) in [5, 5.41) is 0. The third kappa shape index (κ3) is 1.54. The zero-order chi connectivity index (χ0) is 10.2. The van der Waals surface area contributed by atoms with Crippen molar-refractivity contribution in [2.24, 2.45) is 23.0 Å². The summed E-state index contributed by atoms with van der Waals surface area (Å²) in [6.45, 7) is 0.634. The van der Waals surface area contributed by atoms with Gasteiger partial charge in [0.15, 0.2) is 0 Å². The molecule has 1 unspecified atom stereocenters. The van der Waals surface area contributed by atoms with E-state index in [9.17, 15) is 4.79 Å². The molecule has 3 nitrogen and oxygen atoms in total. The van der Waals surface area contributed by atoms with Crippen molar-refractivity contribution in [3.05, 3.63) is 0 Å². The maximum Gasteiger partial charge on any atom is 0.306 e. The van der Waals surface area contributed by atoms with Gasteiger partial charge in [-0.05, 0) is 49.5 Å². The Morgan fingerprint density at radius 2 is 2.00 bits per heavy atom. The molecular weight excluding hydrogens is 178 g/mol. The van der Waals surface area contributed by atoms with E-state index in [-0.39, 0.29) is 11.4 Å². The normalized spacial score (nSPS) is 40.1. The lowest BCUT2D eigenvalue weighted by Crippen LogP contribution is -2.31. The molecule has 2 rings (SSSR count). The lowest BCUT2D eigenvalue weighted by Gasteiger charge is -2.29. The monoisotopic (exact) mass is 197 g/mol. The van der Waals surface area contributed by atoms with E-state index in [4.69, 9.17) is 10.5 Å². The average Bonchev–Trinajstić information content (AvgIpc) is 2.42. The largest absolute Gasteiger partial charge is 0.469 e. The Labute approximate surface area is 85.0 Å². The number of methoxy groups -OCH3 is 1. The fourth-order valence-corrected chi connectivity index (χ4v) is 3.13. The molecule has 0 saturated heterocycles. The number of hydrogen-bond acceptors (Lipinski definition) is 3. The van der Waals surface area contributed by atoms with Gasteiger partial charge >= 0.3 is 5.97 Å². The summed E-state index contributed by atoms with van der Waals surface area (Å²) < 4.78 is 4.74. The Hall–Kier alpha value is -0.570. The highest BCUT2D eigenvalue weighted by atomic mass is 16.5. The highest BCUT2D eigenvalue weighted by Crippen LogP contribution is 2.56. The molecular formula is C11H19NO2. The molecule has 0 radical (unpaired) electrons. The fraction of sp³-hybridized carbons (Fsp3) is 0.909. The van der Waals surface area contributed by atoms with Gasteiger partial charge in [-0.3, -0.25) is 4.79 Å². The van der Waals surface area contributed by atoms with Crippen LogP contribution in [0.15, 0.2) is 0 Å². The van der Waals surface area contributed by atoms with Crippen LogP contribution in [0.5, 0.6) is 0 Å². The van der Waals surface area contributed by atoms with Crippen LogP contribution in [0.4, 0.5) is 0 Å². The van der Waals surface area contributed by atoms with Gasteiger partial charge in [-0.15, -0.1) is 0 Å². The van der Waals surface area contributed by atoms with E-state index in [0.29, 0.717) is 13.0 Å². The van der Waals surface area contributed by atoms with E-state index in [1.54, 1.807) is 0 Å². The van der Waals surface area contributed by atoms with Crippen molar-refractivity contribution < 1.29 is 9.53 Å². The molecule has 2 aliphatic rings. The molecule has 3 atom stereocenters. The number of rotatable bonds is 3. The summed E-state index contributed by atoms with van der Waals surface area (Å²) in [5.41, 5.74) is 5.88. The molecule has 0 spiro atoms. The van der Waals surface area contributed by atoms with Crippen molar-refractivity contribution in [1.82, 2.24) is 0 Å². The summed E-state index contributed by atoms with van der Waals surface area (Å²) >= 11 is 0. The number of fused-ring (bicyclic) bond motifs is 1. The number of hydrogen-bond donors (Lipinski definition) is 1. The third-order valence-corrected chi connectivity index (χ3v) is 4.15. The summed E-state index contributed by atoms with van der Waals surface area (Å²) in [6.07, 6.45) is 5.49. The smallest absolute Gasteiger partial charge is 0.306 e. The van der Waals surface area contributed by atoms with Crippen molar-refractivity contribution in [3.8, 4) is 0 Å². The molecule has 0 aromatic heterocycles. The lowest BCUT2D eigenvalue weighted by molar-refractivity contribution is -0.143. The molecule has 2 fully saturated rings. The van der Waals surface area contributed by atoms with Gasteiger partial charge in [-0.2, -0.15) is 0 Å². The quantitative estimate of drug-likeness (QED) is 0.694.